The summed E-state index contributed by atoms with van der Waals surface area (Å²) in [6.07, 6.45) is 0. The van der Waals surface area contributed by atoms with Crippen molar-refractivity contribution in [2.24, 2.45) is 5.84 Å². The molecule has 8 heteroatoms. The first-order chi connectivity index (χ1) is 10.0. The van der Waals surface area contributed by atoms with Gasteiger partial charge in [-0.2, -0.15) is 0 Å². The number of nitrogens with one attached hydrogen (secondary N) is 1. The lowest BCUT2D eigenvalue weighted by atomic mass is 10.3. The lowest BCUT2D eigenvalue weighted by Crippen LogP contribution is -2.21. The minimum absolute atomic E-state index is 0.0795. The summed E-state index contributed by atoms with van der Waals surface area (Å²) in [5, 5.41) is 11.1. The van der Waals surface area contributed by atoms with E-state index in [9.17, 15) is 10.1 Å². The summed E-state index contributed by atoms with van der Waals surface area (Å²) in [5.41, 5.74) is 4.00. The van der Waals surface area contributed by atoms with Gasteiger partial charge in [0.05, 0.1) is 17.2 Å². The predicted octanol–water partition coefficient (Wildman–Crippen LogP) is 1.62. The number of pyridine rings is 2. The van der Waals surface area contributed by atoms with E-state index < -0.39 is 4.92 Å². The number of nitrogens with zero attached hydrogens (tertiary/aromatic N) is 4. The van der Waals surface area contributed by atoms with E-state index in [1.165, 1.54) is 12.1 Å². The SMILES string of the molecule is Cc1cccc(CN(C)c2nc(NN)ccc2[N+](=O)[O-])n1. The fourth-order valence-corrected chi connectivity index (χ4v) is 1.95. The van der Waals surface area contributed by atoms with E-state index in [-0.39, 0.29) is 11.5 Å². The maximum atomic E-state index is 11.1. The van der Waals surface area contributed by atoms with E-state index in [4.69, 9.17) is 5.84 Å². The molecule has 3 N–H and O–H groups in total. The standard InChI is InChI=1S/C13H16N6O2/c1-9-4-3-5-10(15-9)8-18(2)13-11(19(20)21)6-7-12(16-13)17-14/h3-7H,8,14H2,1-2H3,(H,16,17). The highest BCUT2D eigenvalue weighted by atomic mass is 16.6. The van der Waals surface area contributed by atoms with Crippen LogP contribution in [0.15, 0.2) is 30.3 Å². The van der Waals surface area contributed by atoms with Crippen LogP contribution in [0.25, 0.3) is 0 Å². The quantitative estimate of drug-likeness (QED) is 0.488. The molecule has 0 unspecified atom stereocenters. The highest BCUT2D eigenvalue weighted by Crippen LogP contribution is 2.27. The predicted molar refractivity (Wildman–Crippen MR) is 79.8 cm³/mol. The Balaban J connectivity index is 2.33. The molecular formula is C13H16N6O2. The van der Waals surface area contributed by atoms with Gasteiger partial charge in [-0.1, -0.05) is 6.07 Å². The zero-order valence-electron chi connectivity index (χ0n) is 11.8. The van der Waals surface area contributed by atoms with Crippen LogP contribution in [0, 0.1) is 17.0 Å². The third kappa shape index (κ3) is 3.42. The third-order valence-electron chi connectivity index (χ3n) is 2.91. The summed E-state index contributed by atoms with van der Waals surface area (Å²) in [6.45, 7) is 2.30. The van der Waals surface area contributed by atoms with Crippen molar-refractivity contribution in [2.75, 3.05) is 17.4 Å². The zero-order valence-corrected chi connectivity index (χ0v) is 11.8. The number of nitrogens with two attached hydrogens (primary N) is 1. The number of hydrogen-bond acceptors (Lipinski definition) is 7. The summed E-state index contributed by atoms with van der Waals surface area (Å²) in [5.74, 6) is 5.90. The summed E-state index contributed by atoms with van der Waals surface area (Å²) >= 11 is 0. The van der Waals surface area contributed by atoms with E-state index in [0.29, 0.717) is 12.4 Å². The number of rotatable bonds is 5. The van der Waals surface area contributed by atoms with Crippen molar-refractivity contribution in [3.8, 4) is 0 Å². The van der Waals surface area contributed by atoms with Gasteiger partial charge in [0.2, 0.25) is 5.82 Å². The number of anilines is 2. The largest absolute Gasteiger partial charge is 0.348 e. The molecule has 0 atom stereocenters. The zero-order chi connectivity index (χ0) is 15.4. The van der Waals surface area contributed by atoms with Gasteiger partial charge in [-0.25, -0.2) is 10.8 Å². The second-order valence-electron chi connectivity index (χ2n) is 4.57. The molecule has 0 fully saturated rings. The molecule has 0 amide bonds. The van der Waals surface area contributed by atoms with Gasteiger partial charge in [0.25, 0.3) is 0 Å². The molecule has 0 saturated heterocycles. The van der Waals surface area contributed by atoms with Crippen molar-refractivity contribution in [3.05, 3.63) is 51.8 Å². The van der Waals surface area contributed by atoms with Crippen molar-refractivity contribution in [1.82, 2.24) is 9.97 Å². The Morgan fingerprint density at radius 3 is 2.71 bits per heavy atom. The van der Waals surface area contributed by atoms with E-state index >= 15 is 0 Å². The Kier molecular flexibility index (Phi) is 4.29. The smallest absolute Gasteiger partial charge is 0.311 e. The molecule has 2 aromatic rings. The number of hydrogen-bond donors (Lipinski definition) is 2. The molecular weight excluding hydrogens is 272 g/mol. The van der Waals surface area contributed by atoms with Crippen LogP contribution >= 0.6 is 0 Å². The van der Waals surface area contributed by atoms with Gasteiger partial charge in [0.1, 0.15) is 5.82 Å². The first-order valence-corrected chi connectivity index (χ1v) is 6.27. The normalized spacial score (nSPS) is 10.2. The number of hydrazine groups is 1. The van der Waals surface area contributed by atoms with E-state index in [2.05, 4.69) is 15.4 Å². The summed E-state index contributed by atoms with van der Waals surface area (Å²) in [4.78, 5) is 20.8. The van der Waals surface area contributed by atoms with Crippen molar-refractivity contribution in [1.29, 1.82) is 0 Å². The Hall–Kier alpha value is -2.74. The van der Waals surface area contributed by atoms with Gasteiger partial charge in [0.15, 0.2) is 0 Å². The summed E-state index contributed by atoms with van der Waals surface area (Å²) in [7, 11) is 1.72. The molecule has 0 radical (unpaired) electrons. The Labute approximate surface area is 121 Å². The van der Waals surface area contributed by atoms with Crippen LogP contribution in [0.3, 0.4) is 0 Å². The van der Waals surface area contributed by atoms with Crippen molar-refractivity contribution in [2.45, 2.75) is 13.5 Å². The summed E-state index contributed by atoms with van der Waals surface area (Å²) < 4.78 is 0. The number of nitro groups is 1. The Bertz CT molecular complexity index is 661. The molecule has 0 aliphatic heterocycles. The molecule has 0 bridgehead atoms. The molecule has 0 aliphatic rings. The van der Waals surface area contributed by atoms with Crippen LogP contribution in [0.2, 0.25) is 0 Å². The van der Waals surface area contributed by atoms with Gasteiger partial charge in [-0.05, 0) is 25.1 Å². The number of aryl methyl sites for hydroxylation is 1. The molecule has 2 aromatic heterocycles. The highest BCUT2D eigenvalue weighted by Gasteiger charge is 2.20. The minimum atomic E-state index is -0.469. The highest BCUT2D eigenvalue weighted by molar-refractivity contribution is 5.61. The number of aromatic nitrogens is 2. The van der Waals surface area contributed by atoms with Gasteiger partial charge in [0, 0.05) is 18.8 Å². The molecule has 21 heavy (non-hydrogen) atoms. The van der Waals surface area contributed by atoms with Crippen LogP contribution in [-0.4, -0.2) is 21.9 Å². The van der Waals surface area contributed by atoms with E-state index in [0.717, 1.165) is 11.4 Å². The van der Waals surface area contributed by atoms with Gasteiger partial charge >= 0.3 is 5.69 Å². The Morgan fingerprint density at radius 2 is 2.10 bits per heavy atom. The first-order valence-electron chi connectivity index (χ1n) is 6.27. The molecule has 2 rings (SSSR count). The summed E-state index contributed by atoms with van der Waals surface area (Å²) in [6, 6.07) is 8.48. The van der Waals surface area contributed by atoms with Crippen LogP contribution in [0.5, 0.6) is 0 Å². The minimum Gasteiger partial charge on any atom is -0.348 e. The molecule has 0 aliphatic carbocycles. The second-order valence-corrected chi connectivity index (χ2v) is 4.57. The average Bonchev–Trinajstić information content (AvgIpc) is 2.46. The maximum absolute atomic E-state index is 11.1. The van der Waals surface area contributed by atoms with Gasteiger partial charge in [-0.15, -0.1) is 0 Å². The lowest BCUT2D eigenvalue weighted by Gasteiger charge is -2.18. The second kappa shape index (κ2) is 6.14. The van der Waals surface area contributed by atoms with Crippen molar-refractivity contribution < 1.29 is 4.92 Å². The topological polar surface area (TPSA) is 110 Å². The van der Waals surface area contributed by atoms with E-state index in [1.807, 2.05) is 25.1 Å². The fourth-order valence-electron chi connectivity index (χ4n) is 1.95. The fraction of sp³-hybridized carbons (Fsp3) is 0.231. The van der Waals surface area contributed by atoms with Gasteiger partial charge < -0.3 is 10.3 Å². The van der Waals surface area contributed by atoms with Crippen molar-refractivity contribution in [3.63, 3.8) is 0 Å². The monoisotopic (exact) mass is 288 g/mol. The molecule has 0 spiro atoms. The van der Waals surface area contributed by atoms with Crippen LogP contribution in [0.1, 0.15) is 11.4 Å². The van der Waals surface area contributed by atoms with Gasteiger partial charge in [-0.3, -0.25) is 15.1 Å². The number of nitrogen functional groups attached to an aromatic ring is 1. The van der Waals surface area contributed by atoms with Crippen molar-refractivity contribution >= 4 is 17.3 Å². The van der Waals surface area contributed by atoms with Crippen LogP contribution < -0.4 is 16.2 Å². The molecule has 110 valence electrons. The molecule has 2 heterocycles. The third-order valence-corrected chi connectivity index (χ3v) is 2.91. The molecule has 0 saturated carbocycles. The molecule has 8 nitrogen and oxygen atoms in total. The first kappa shape index (κ1) is 14.7. The lowest BCUT2D eigenvalue weighted by molar-refractivity contribution is -0.384. The Morgan fingerprint density at radius 1 is 1.33 bits per heavy atom. The average molecular weight is 288 g/mol. The van der Waals surface area contributed by atoms with Crippen LogP contribution in [0.4, 0.5) is 17.3 Å². The molecule has 0 aromatic carbocycles. The maximum Gasteiger partial charge on any atom is 0.311 e. The van der Waals surface area contributed by atoms with Crippen LogP contribution in [-0.2, 0) is 6.54 Å². The van der Waals surface area contributed by atoms with E-state index in [1.54, 1.807) is 11.9 Å².